The van der Waals surface area contributed by atoms with Crippen LogP contribution in [-0.4, -0.2) is 12.3 Å². The molecule has 0 saturated carbocycles. The van der Waals surface area contributed by atoms with Crippen LogP contribution >= 0.6 is 11.6 Å². The number of urea groups is 1. The summed E-state index contributed by atoms with van der Waals surface area (Å²) in [7, 11) is 0. The predicted octanol–water partition coefficient (Wildman–Crippen LogP) is 5.15. The summed E-state index contributed by atoms with van der Waals surface area (Å²) in [4.78, 5) is 11.9. The van der Waals surface area contributed by atoms with E-state index in [9.17, 15) is 9.18 Å². The lowest BCUT2D eigenvalue weighted by Gasteiger charge is -2.17. The first-order valence-electron chi connectivity index (χ1n) is 7.64. The molecule has 0 bridgehead atoms. The summed E-state index contributed by atoms with van der Waals surface area (Å²) < 4.78 is 18.7. The molecular weight excluding hydrogens is 331 g/mol. The third-order valence-corrected chi connectivity index (χ3v) is 3.66. The minimum Gasteiger partial charge on any atom is -0.471 e. The molecule has 128 valence electrons. The number of nitrogens with one attached hydrogen (secondary N) is 2. The SMILES string of the molecule is CC(NC(=O)Nc1ccc(F)c(Cl)c1)Oc1ccc(C(C)C)cc1. The maximum atomic E-state index is 13.1. The molecular formula is C18H20ClFN2O2. The van der Waals surface area contributed by atoms with Crippen LogP contribution in [0.2, 0.25) is 5.02 Å². The van der Waals surface area contributed by atoms with Gasteiger partial charge in [-0.25, -0.2) is 9.18 Å². The quantitative estimate of drug-likeness (QED) is 0.733. The summed E-state index contributed by atoms with van der Waals surface area (Å²) in [5, 5.41) is 5.16. The van der Waals surface area contributed by atoms with Gasteiger partial charge in [-0.2, -0.15) is 0 Å². The minimum absolute atomic E-state index is 0.0534. The van der Waals surface area contributed by atoms with Crippen molar-refractivity contribution in [3.63, 3.8) is 0 Å². The lowest BCUT2D eigenvalue weighted by Crippen LogP contribution is -2.39. The zero-order valence-electron chi connectivity index (χ0n) is 13.8. The van der Waals surface area contributed by atoms with Gasteiger partial charge in [0.2, 0.25) is 0 Å². The van der Waals surface area contributed by atoms with Gasteiger partial charge in [0.05, 0.1) is 5.02 Å². The van der Waals surface area contributed by atoms with Gasteiger partial charge in [-0.15, -0.1) is 0 Å². The Morgan fingerprint density at radius 2 is 1.79 bits per heavy atom. The maximum absolute atomic E-state index is 13.1. The first-order valence-corrected chi connectivity index (χ1v) is 8.02. The van der Waals surface area contributed by atoms with Crippen LogP contribution < -0.4 is 15.4 Å². The van der Waals surface area contributed by atoms with Gasteiger partial charge in [0.1, 0.15) is 11.6 Å². The number of ether oxygens (including phenoxy) is 1. The number of anilines is 1. The fourth-order valence-electron chi connectivity index (χ4n) is 2.09. The maximum Gasteiger partial charge on any atom is 0.322 e. The lowest BCUT2D eigenvalue weighted by atomic mass is 10.0. The Hall–Kier alpha value is -2.27. The average Bonchev–Trinajstić information content (AvgIpc) is 2.51. The number of hydrogen-bond donors (Lipinski definition) is 2. The summed E-state index contributed by atoms with van der Waals surface area (Å²) in [6, 6.07) is 11.2. The molecule has 0 spiro atoms. The Kier molecular flexibility index (Phi) is 6.04. The fourth-order valence-corrected chi connectivity index (χ4v) is 2.27. The van der Waals surface area contributed by atoms with Crippen molar-refractivity contribution in [3.05, 3.63) is 58.9 Å². The number of amides is 2. The molecule has 0 aliphatic carbocycles. The number of halogens is 2. The highest BCUT2D eigenvalue weighted by Crippen LogP contribution is 2.20. The predicted molar refractivity (Wildman–Crippen MR) is 94.2 cm³/mol. The molecule has 2 aromatic carbocycles. The van der Waals surface area contributed by atoms with E-state index < -0.39 is 18.1 Å². The molecule has 1 atom stereocenters. The molecule has 2 N–H and O–H groups in total. The van der Waals surface area contributed by atoms with E-state index in [-0.39, 0.29) is 5.02 Å². The fraction of sp³-hybridized carbons (Fsp3) is 0.278. The Bertz CT molecular complexity index is 705. The number of rotatable bonds is 5. The lowest BCUT2D eigenvalue weighted by molar-refractivity contribution is 0.183. The molecule has 0 radical (unpaired) electrons. The summed E-state index contributed by atoms with van der Waals surface area (Å²) in [5.74, 6) is 0.573. The summed E-state index contributed by atoms with van der Waals surface area (Å²) in [6.45, 7) is 5.95. The number of hydrogen-bond acceptors (Lipinski definition) is 2. The van der Waals surface area contributed by atoms with Crippen LogP contribution in [0, 0.1) is 5.82 Å². The molecule has 2 rings (SSSR count). The van der Waals surface area contributed by atoms with Crippen molar-refractivity contribution >= 4 is 23.3 Å². The average molecular weight is 351 g/mol. The van der Waals surface area contributed by atoms with Crippen molar-refractivity contribution in [2.45, 2.75) is 32.9 Å². The van der Waals surface area contributed by atoms with Crippen molar-refractivity contribution in [3.8, 4) is 5.75 Å². The molecule has 2 amide bonds. The normalized spacial score (nSPS) is 11.9. The molecule has 1 unspecified atom stereocenters. The van der Waals surface area contributed by atoms with Crippen molar-refractivity contribution < 1.29 is 13.9 Å². The monoisotopic (exact) mass is 350 g/mol. The molecule has 0 aromatic heterocycles. The van der Waals surface area contributed by atoms with Crippen molar-refractivity contribution in [2.24, 2.45) is 0 Å². The van der Waals surface area contributed by atoms with E-state index in [1.807, 2.05) is 24.3 Å². The van der Waals surface area contributed by atoms with E-state index in [0.29, 0.717) is 17.4 Å². The summed E-state index contributed by atoms with van der Waals surface area (Å²) in [6.07, 6.45) is -0.536. The van der Waals surface area contributed by atoms with Gasteiger partial charge in [-0.1, -0.05) is 37.6 Å². The van der Waals surface area contributed by atoms with Crippen LogP contribution in [0.15, 0.2) is 42.5 Å². The third-order valence-electron chi connectivity index (χ3n) is 3.37. The van der Waals surface area contributed by atoms with E-state index in [4.69, 9.17) is 16.3 Å². The minimum atomic E-state index is -0.538. The molecule has 2 aromatic rings. The summed E-state index contributed by atoms with van der Waals surface area (Å²) in [5.41, 5.74) is 1.61. The molecule has 24 heavy (non-hydrogen) atoms. The van der Waals surface area contributed by atoms with Gasteiger partial charge in [0.25, 0.3) is 0 Å². The zero-order chi connectivity index (χ0) is 17.7. The number of benzene rings is 2. The topological polar surface area (TPSA) is 50.4 Å². The van der Waals surface area contributed by atoms with Gasteiger partial charge >= 0.3 is 6.03 Å². The molecule has 4 nitrogen and oxygen atoms in total. The van der Waals surface area contributed by atoms with Gasteiger partial charge in [-0.3, -0.25) is 0 Å². The number of carbonyl (C=O) groups excluding carboxylic acids is 1. The van der Waals surface area contributed by atoms with E-state index in [1.54, 1.807) is 6.92 Å². The van der Waals surface area contributed by atoms with Crippen LogP contribution in [0.4, 0.5) is 14.9 Å². The van der Waals surface area contributed by atoms with Crippen LogP contribution in [-0.2, 0) is 0 Å². The second kappa shape index (κ2) is 8.02. The second-order valence-electron chi connectivity index (χ2n) is 5.71. The van der Waals surface area contributed by atoms with Crippen molar-refractivity contribution in [1.82, 2.24) is 5.32 Å². The first kappa shape index (κ1) is 18.1. The van der Waals surface area contributed by atoms with Crippen molar-refractivity contribution in [2.75, 3.05) is 5.32 Å². The van der Waals surface area contributed by atoms with E-state index >= 15 is 0 Å². The molecule has 0 aliphatic rings. The molecule has 0 fully saturated rings. The van der Waals surface area contributed by atoms with Crippen LogP contribution in [0.25, 0.3) is 0 Å². The second-order valence-corrected chi connectivity index (χ2v) is 6.12. The highest BCUT2D eigenvalue weighted by Gasteiger charge is 2.10. The van der Waals surface area contributed by atoms with Gasteiger partial charge in [0.15, 0.2) is 6.23 Å². The van der Waals surface area contributed by atoms with E-state index in [2.05, 4.69) is 24.5 Å². The van der Waals surface area contributed by atoms with E-state index in [0.717, 1.165) is 0 Å². The first-order chi connectivity index (χ1) is 11.3. The highest BCUT2D eigenvalue weighted by atomic mass is 35.5. The van der Waals surface area contributed by atoms with Gasteiger partial charge < -0.3 is 15.4 Å². The highest BCUT2D eigenvalue weighted by molar-refractivity contribution is 6.31. The Balaban J connectivity index is 1.87. The Morgan fingerprint density at radius 1 is 1.12 bits per heavy atom. The standard InChI is InChI=1S/C18H20ClFN2O2/c1-11(2)13-4-7-15(8-5-13)24-12(3)21-18(23)22-14-6-9-17(20)16(19)10-14/h4-12H,1-3H3,(H2,21,22,23). The molecule has 0 saturated heterocycles. The van der Waals surface area contributed by atoms with Crippen LogP contribution in [0.1, 0.15) is 32.3 Å². The largest absolute Gasteiger partial charge is 0.471 e. The van der Waals surface area contributed by atoms with E-state index in [1.165, 1.54) is 23.8 Å². The smallest absolute Gasteiger partial charge is 0.322 e. The van der Waals surface area contributed by atoms with Gasteiger partial charge in [-0.05, 0) is 48.7 Å². The Morgan fingerprint density at radius 3 is 2.38 bits per heavy atom. The molecule has 0 heterocycles. The molecule has 0 aliphatic heterocycles. The zero-order valence-corrected chi connectivity index (χ0v) is 14.5. The van der Waals surface area contributed by atoms with Gasteiger partial charge in [0, 0.05) is 5.69 Å². The third kappa shape index (κ3) is 5.13. The molecule has 6 heteroatoms. The van der Waals surface area contributed by atoms with Crippen LogP contribution in [0.3, 0.4) is 0 Å². The summed E-state index contributed by atoms with van der Waals surface area (Å²) >= 11 is 5.67. The number of carbonyl (C=O) groups is 1. The van der Waals surface area contributed by atoms with Crippen molar-refractivity contribution in [1.29, 1.82) is 0 Å². The Labute approximate surface area is 146 Å². The van der Waals surface area contributed by atoms with Crippen LogP contribution in [0.5, 0.6) is 5.75 Å².